The molecule has 1 fully saturated rings. The van der Waals surface area contributed by atoms with E-state index in [0.29, 0.717) is 25.0 Å². The maximum Gasteiger partial charge on any atom is 0.268 e. The largest absolute Gasteiger partial charge is 0.497 e. The van der Waals surface area contributed by atoms with Crippen LogP contribution in [0.25, 0.3) is 10.9 Å². The standard InChI is InChI=1S/C24H31N5O6/c1-13(2)21(29-23(33)19-10-15-9-17(35-3)4-5-18(15)28-19)24(34)26-11-20(31)27-16(12-30)8-14-6-7-25-22(14)32/h4-5,9-10,12-14,16,21,28H,6-8,11H2,1-3H3,(H,25,32)(H,26,34)(H,27,31)(H,29,33). The van der Waals surface area contributed by atoms with Crippen molar-refractivity contribution in [2.75, 3.05) is 20.2 Å². The molecule has 0 aliphatic carbocycles. The quantitative estimate of drug-likeness (QED) is 0.287. The van der Waals surface area contributed by atoms with Gasteiger partial charge in [-0.3, -0.25) is 19.2 Å². The van der Waals surface area contributed by atoms with Crippen molar-refractivity contribution >= 4 is 40.8 Å². The zero-order valence-electron chi connectivity index (χ0n) is 20.0. The number of carbonyl (C=O) groups is 5. The minimum absolute atomic E-state index is 0.135. The third-order valence-electron chi connectivity index (χ3n) is 5.94. The molecule has 3 unspecified atom stereocenters. The summed E-state index contributed by atoms with van der Waals surface area (Å²) in [7, 11) is 1.56. The SMILES string of the molecule is COc1ccc2[nH]c(C(=O)NC(C(=O)NCC(=O)NC(C=O)CC3CCNC3=O)C(C)C)cc2c1. The first kappa shape index (κ1) is 25.7. The summed E-state index contributed by atoms with van der Waals surface area (Å²) in [6.07, 6.45) is 1.39. The fraction of sp³-hybridized carbons (Fsp3) is 0.458. The van der Waals surface area contributed by atoms with E-state index in [9.17, 15) is 24.0 Å². The topological polar surface area (TPSA) is 158 Å². The lowest BCUT2D eigenvalue weighted by Gasteiger charge is -2.22. The van der Waals surface area contributed by atoms with Crippen molar-refractivity contribution in [2.45, 2.75) is 38.8 Å². The molecule has 0 spiro atoms. The number of ether oxygens (including phenoxy) is 1. The van der Waals surface area contributed by atoms with Gasteiger partial charge >= 0.3 is 0 Å². The van der Waals surface area contributed by atoms with E-state index in [1.807, 2.05) is 0 Å². The van der Waals surface area contributed by atoms with E-state index in [1.165, 1.54) is 0 Å². The lowest BCUT2D eigenvalue weighted by atomic mass is 9.99. The lowest BCUT2D eigenvalue weighted by molar-refractivity contribution is -0.128. The molecule has 4 amide bonds. The molecule has 5 N–H and O–H groups in total. The van der Waals surface area contributed by atoms with Gasteiger partial charge in [0.1, 0.15) is 23.8 Å². The molecule has 1 aliphatic rings. The number of benzene rings is 1. The highest BCUT2D eigenvalue weighted by Gasteiger charge is 2.29. The molecule has 35 heavy (non-hydrogen) atoms. The maximum absolute atomic E-state index is 12.8. The summed E-state index contributed by atoms with van der Waals surface area (Å²) in [6, 6.07) is 5.31. The summed E-state index contributed by atoms with van der Waals surface area (Å²) < 4.78 is 5.20. The lowest BCUT2D eigenvalue weighted by Crippen LogP contribution is -2.52. The molecule has 1 aromatic heterocycles. The Hall–Kier alpha value is -3.89. The maximum atomic E-state index is 12.8. The average Bonchev–Trinajstić information content (AvgIpc) is 3.45. The Morgan fingerprint density at radius 3 is 2.60 bits per heavy atom. The number of aromatic nitrogens is 1. The zero-order valence-corrected chi connectivity index (χ0v) is 20.0. The van der Waals surface area contributed by atoms with Crippen molar-refractivity contribution in [3.05, 3.63) is 30.0 Å². The Morgan fingerprint density at radius 2 is 1.97 bits per heavy atom. The summed E-state index contributed by atoms with van der Waals surface area (Å²) >= 11 is 0. The van der Waals surface area contributed by atoms with Crippen LogP contribution in [0.2, 0.25) is 0 Å². The molecule has 0 saturated carbocycles. The number of amides is 4. The van der Waals surface area contributed by atoms with E-state index in [0.717, 1.165) is 10.9 Å². The summed E-state index contributed by atoms with van der Waals surface area (Å²) in [5.41, 5.74) is 1.03. The molecule has 2 heterocycles. The monoisotopic (exact) mass is 485 g/mol. The number of nitrogens with one attached hydrogen (secondary N) is 5. The van der Waals surface area contributed by atoms with Crippen molar-refractivity contribution in [1.82, 2.24) is 26.3 Å². The minimum Gasteiger partial charge on any atom is -0.497 e. The molecule has 1 aromatic carbocycles. The van der Waals surface area contributed by atoms with Crippen molar-refractivity contribution in [1.29, 1.82) is 0 Å². The number of methoxy groups -OCH3 is 1. The van der Waals surface area contributed by atoms with Gasteiger partial charge in [-0.2, -0.15) is 0 Å². The van der Waals surface area contributed by atoms with E-state index in [-0.39, 0.29) is 36.4 Å². The first-order valence-electron chi connectivity index (χ1n) is 11.5. The molecule has 188 valence electrons. The molecular weight excluding hydrogens is 454 g/mol. The van der Waals surface area contributed by atoms with E-state index in [1.54, 1.807) is 45.2 Å². The van der Waals surface area contributed by atoms with Gasteiger partial charge in [0.05, 0.1) is 19.7 Å². The van der Waals surface area contributed by atoms with Crippen LogP contribution >= 0.6 is 0 Å². The highest BCUT2D eigenvalue weighted by molar-refractivity contribution is 6.00. The van der Waals surface area contributed by atoms with Crippen LogP contribution in [0.1, 0.15) is 37.2 Å². The minimum atomic E-state index is -0.889. The number of carbonyl (C=O) groups excluding carboxylic acids is 5. The van der Waals surface area contributed by atoms with Gasteiger partial charge in [0.25, 0.3) is 5.91 Å². The van der Waals surface area contributed by atoms with Crippen LogP contribution in [0.5, 0.6) is 5.75 Å². The van der Waals surface area contributed by atoms with Crippen LogP contribution in [-0.2, 0) is 19.2 Å². The van der Waals surface area contributed by atoms with E-state index >= 15 is 0 Å². The number of fused-ring (bicyclic) bond motifs is 1. The molecule has 11 heteroatoms. The first-order chi connectivity index (χ1) is 16.7. The Balaban J connectivity index is 1.55. The molecule has 3 rings (SSSR count). The van der Waals surface area contributed by atoms with Gasteiger partial charge in [-0.1, -0.05) is 13.8 Å². The van der Waals surface area contributed by atoms with Gasteiger partial charge in [0.2, 0.25) is 17.7 Å². The highest BCUT2D eigenvalue weighted by Crippen LogP contribution is 2.21. The Bertz CT molecular complexity index is 1110. The summed E-state index contributed by atoms with van der Waals surface area (Å²) in [4.78, 5) is 63.9. The summed E-state index contributed by atoms with van der Waals surface area (Å²) in [5.74, 6) is -1.62. The van der Waals surface area contributed by atoms with Gasteiger partial charge in [0, 0.05) is 23.4 Å². The van der Waals surface area contributed by atoms with E-state index in [4.69, 9.17) is 4.74 Å². The Labute approximate surface area is 202 Å². The second-order valence-electron chi connectivity index (χ2n) is 8.87. The Morgan fingerprint density at radius 1 is 1.20 bits per heavy atom. The molecule has 3 atom stereocenters. The number of aldehydes is 1. The predicted molar refractivity (Wildman–Crippen MR) is 128 cm³/mol. The van der Waals surface area contributed by atoms with Crippen molar-refractivity contribution in [3.63, 3.8) is 0 Å². The normalized spacial score (nSPS) is 16.9. The fourth-order valence-electron chi connectivity index (χ4n) is 3.97. The van der Waals surface area contributed by atoms with Crippen molar-refractivity contribution in [2.24, 2.45) is 11.8 Å². The van der Waals surface area contributed by atoms with Crippen LogP contribution in [-0.4, -0.2) is 67.2 Å². The van der Waals surface area contributed by atoms with Gasteiger partial charge in [-0.25, -0.2) is 0 Å². The van der Waals surface area contributed by atoms with Crippen molar-refractivity contribution < 1.29 is 28.7 Å². The molecule has 1 aliphatic heterocycles. The number of rotatable bonds is 11. The number of hydrogen-bond donors (Lipinski definition) is 5. The molecule has 1 saturated heterocycles. The van der Waals surface area contributed by atoms with Gasteiger partial charge in [-0.15, -0.1) is 0 Å². The summed E-state index contributed by atoms with van der Waals surface area (Å²) in [6.45, 7) is 3.73. The average molecular weight is 486 g/mol. The fourth-order valence-corrected chi connectivity index (χ4v) is 3.97. The first-order valence-corrected chi connectivity index (χ1v) is 11.5. The molecular formula is C24H31N5O6. The number of H-pyrrole nitrogens is 1. The number of hydrogen-bond acceptors (Lipinski definition) is 6. The van der Waals surface area contributed by atoms with Crippen LogP contribution < -0.4 is 26.0 Å². The third kappa shape index (κ3) is 6.58. The van der Waals surface area contributed by atoms with Crippen LogP contribution in [0.3, 0.4) is 0 Å². The molecule has 0 bridgehead atoms. The predicted octanol–water partition coefficient (Wildman–Crippen LogP) is 0.257. The van der Waals surface area contributed by atoms with Gasteiger partial charge in [0.15, 0.2) is 0 Å². The van der Waals surface area contributed by atoms with E-state index < -0.39 is 29.8 Å². The Kier molecular flexibility index (Phi) is 8.45. The number of aromatic amines is 1. The van der Waals surface area contributed by atoms with Crippen LogP contribution in [0, 0.1) is 11.8 Å². The van der Waals surface area contributed by atoms with Crippen LogP contribution in [0.4, 0.5) is 0 Å². The smallest absolute Gasteiger partial charge is 0.268 e. The molecule has 11 nitrogen and oxygen atoms in total. The van der Waals surface area contributed by atoms with Crippen molar-refractivity contribution in [3.8, 4) is 5.75 Å². The highest BCUT2D eigenvalue weighted by atomic mass is 16.5. The third-order valence-corrected chi connectivity index (χ3v) is 5.94. The second kappa shape index (κ2) is 11.5. The summed E-state index contributed by atoms with van der Waals surface area (Å²) in [5, 5.41) is 11.2. The van der Waals surface area contributed by atoms with Gasteiger partial charge in [-0.05, 0) is 43.0 Å². The second-order valence-corrected chi connectivity index (χ2v) is 8.87. The van der Waals surface area contributed by atoms with Gasteiger partial charge < -0.3 is 35.8 Å². The van der Waals surface area contributed by atoms with Crippen LogP contribution in [0.15, 0.2) is 24.3 Å². The molecule has 0 radical (unpaired) electrons. The van der Waals surface area contributed by atoms with E-state index in [2.05, 4.69) is 26.3 Å². The molecule has 2 aromatic rings. The zero-order chi connectivity index (χ0) is 25.5.